The number of anilines is 1. The number of halogens is 1. The molecule has 23 heavy (non-hydrogen) atoms. The number of aryl methyl sites for hydroxylation is 2. The lowest BCUT2D eigenvalue weighted by molar-refractivity contribution is 0.102. The predicted molar refractivity (Wildman–Crippen MR) is 96.4 cm³/mol. The Morgan fingerprint density at radius 2 is 1.91 bits per heavy atom. The number of hydrogen-bond acceptors (Lipinski definition) is 3. The molecule has 2 aromatic carbocycles. The molecule has 1 aromatic heterocycles. The molecule has 0 radical (unpaired) electrons. The second kappa shape index (κ2) is 6.52. The van der Waals surface area contributed by atoms with E-state index >= 15 is 0 Å². The summed E-state index contributed by atoms with van der Waals surface area (Å²) in [5.41, 5.74) is 4.81. The SMILES string of the molecule is Cc1ccc(-c2csc(NC(=O)c3ccccc3Cl)n2)cc1C. The smallest absolute Gasteiger partial charge is 0.258 e. The Morgan fingerprint density at radius 3 is 2.65 bits per heavy atom. The van der Waals surface area contributed by atoms with E-state index in [0.29, 0.717) is 15.7 Å². The van der Waals surface area contributed by atoms with E-state index in [-0.39, 0.29) is 5.91 Å². The first kappa shape index (κ1) is 15.7. The van der Waals surface area contributed by atoms with E-state index in [9.17, 15) is 4.79 Å². The Morgan fingerprint density at radius 1 is 1.13 bits per heavy atom. The van der Waals surface area contributed by atoms with Gasteiger partial charge in [-0.25, -0.2) is 4.98 Å². The highest BCUT2D eigenvalue weighted by Crippen LogP contribution is 2.27. The predicted octanol–water partition coefficient (Wildman–Crippen LogP) is 5.33. The molecule has 116 valence electrons. The average Bonchev–Trinajstić information content (AvgIpc) is 2.99. The molecule has 0 spiro atoms. The Hall–Kier alpha value is -2.17. The summed E-state index contributed by atoms with van der Waals surface area (Å²) in [7, 11) is 0. The molecule has 3 nitrogen and oxygen atoms in total. The molecular weight excluding hydrogens is 328 g/mol. The monoisotopic (exact) mass is 342 g/mol. The van der Waals surface area contributed by atoms with Crippen molar-refractivity contribution in [2.75, 3.05) is 5.32 Å². The molecule has 0 aliphatic carbocycles. The van der Waals surface area contributed by atoms with Crippen LogP contribution in [0, 0.1) is 13.8 Å². The fourth-order valence-electron chi connectivity index (χ4n) is 2.17. The van der Waals surface area contributed by atoms with Gasteiger partial charge in [0.1, 0.15) is 0 Å². The van der Waals surface area contributed by atoms with E-state index in [1.165, 1.54) is 22.5 Å². The minimum absolute atomic E-state index is 0.253. The topological polar surface area (TPSA) is 42.0 Å². The number of benzene rings is 2. The van der Waals surface area contributed by atoms with Gasteiger partial charge in [-0.15, -0.1) is 11.3 Å². The first-order chi connectivity index (χ1) is 11.0. The van der Waals surface area contributed by atoms with E-state index in [4.69, 9.17) is 11.6 Å². The van der Waals surface area contributed by atoms with Crippen LogP contribution in [-0.4, -0.2) is 10.9 Å². The van der Waals surface area contributed by atoms with Crippen molar-refractivity contribution in [2.45, 2.75) is 13.8 Å². The first-order valence-electron chi connectivity index (χ1n) is 7.13. The van der Waals surface area contributed by atoms with Gasteiger partial charge in [0.25, 0.3) is 5.91 Å². The summed E-state index contributed by atoms with van der Waals surface area (Å²) < 4.78 is 0. The van der Waals surface area contributed by atoms with Crippen LogP contribution < -0.4 is 5.32 Å². The van der Waals surface area contributed by atoms with Crippen molar-refractivity contribution in [1.29, 1.82) is 0 Å². The first-order valence-corrected chi connectivity index (χ1v) is 8.39. The second-order valence-electron chi connectivity index (χ2n) is 5.27. The van der Waals surface area contributed by atoms with E-state index < -0.39 is 0 Å². The van der Waals surface area contributed by atoms with Crippen molar-refractivity contribution in [1.82, 2.24) is 4.98 Å². The van der Waals surface area contributed by atoms with Crippen LogP contribution in [-0.2, 0) is 0 Å². The molecule has 0 fully saturated rings. The minimum Gasteiger partial charge on any atom is -0.298 e. The number of nitrogens with zero attached hydrogens (tertiary/aromatic N) is 1. The summed E-state index contributed by atoms with van der Waals surface area (Å²) >= 11 is 7.44. The van der Waals surface area contributed by atoms with Crippen LogP contribution in [0.15, 0.2) is 47.8 Å². The Kier molecular flexibility index (Phi) is 4.46. The minimum atomic E-state index is -0.253. The van der Waals surface area contributed by atoms with Crippen molar-refractivity contribution in [2.24, 2.45) is 0 Å². The maximum atomic E-state index is 12.3. The van der Waals surface area contributed by atoms with Crippen LogP contribution in [0.25, 0.3) is 11.3 Å². The zero-order chi connectivity index (χ0) is 16.4. The molecule has 1 N–H and O–H groups in total. The standard InChI is InChI=1S/C18H15ClN2OS/c1-11-7-8-13(9-12(11)2)16-10-23-18(20-16)21-17(22)14-5-3-4-6-15(14)19/h3-10H,1-2H3,(H,20,21,22). The van der Waals surface area contributed by atoms with Gasteiger partial charge in [0.2, 0.25) is 0 Å². The third-order valence-corrected chi connectivity index (χ3v) is 4.73. The average molecular weight is 343 g/mol. The lowest BCUT2D eigenvalue weighted by Gasteiger charge is -2.04. The number of rotatable bonds is 3. The van der Waals surface area contributed by atoms with Crippen LogP contribution in [0.1, 0.15) is 21.5 Å². The molecule has 1 amide bonds. The van der Waals surface area contributed by atoms with Gasteiger partial charge < -0.3 is 0 Å². The Labute approximate surface area is 144 Å². The number of carbonyl (C=O) groups is 1. The quantitative estimate of drug-likeness (QED) is 0.698. The van der Waals surface area contributed by atoms with E-state index in [1.54, 1.807) is 24.3 Å². The zero-order valence-electron chi connectivity index (χ0n) is 12.8. The number of carbonyl (C=O) groups excluding carboxylic acids is 1. The summed E-state index contributed by atoms with van der Waals surface area (Å²) in [6.07, 6.45) is 0. The van der Waals surface area contributed by atoms with E-state index in [1.807, 2.05) is 11.4 Å². The van der Waals surface area contributed by atoms with Crippen molar-refractivity contribution in [3.05, 3.63) is 69.6 Å². The van der Waals surface area contributed by atoms with Gasteiger partial charge in [0, 0.05) is 10.9 Å². The summed E-state index contributed by atoms with van der Waals surface area (Å²) in [5.74, 6) is -0.253. The van der Waals surface area contributed by atoms with Crippen LogP contribution in [0.3, 0.4) is 0 Å². The van der Waals surface area contributed by atoms with E-state index in [2.05, 4.69) is 36.3 Å². The molecule has 5 heteroatoms. The van der Waals surface area contributed by atoms with Crippen molar-refractivity contribution in [3.8, 4) is 11.3 Å². The van der Waals surface area contributed by atoms with Gasteiger partial charge in [-0.1, -0.05) is 35.9 Å². The highest BCUT2D eigenvalue weighted by Gasteiger charge is 2.12. The van der Waals surface area contributed by atoms with Gasteiger partial charge in [-0.3, -0.25) is 10.1 Å². The van der Waals surface area contributed by atoms with Crippen LogP contribution in [0.2, 0.25) is 5.02 Å². The largest absolute Gasteiger partial charge is 0.298 e. The maximum Gasteiger partial charge on any atom is 0.258 e. The van der Waals surface area contributed by atoms with Gasteiger partial charge in [0.15, 0.2) is 5.13 Å². The lowest BCUT2D eigenvalue weighted by atomic mass is 10.1. The highest BCUT2D eigenvalue weighted by atomic mass is 35.5. The van der Waals surface area contributed by atoms with Crippen LogP contribution in [0.5, 0.6) is 0 Å². The lowest BCUT2D eigenvalue weighted by Crippen LogP contribution is -2.12. The Balaban J connectivity index is 1.81. The number of nitrogens with one attached hydrogen (secondary N) is 1. The zero-order valence-corrected chi connectivity index (χ0v) is 14.3. The molecule has 1 heterocycles. The molecule has 0 unspecified atom stereocenters. The fourth-order valence-corrected chi connectivity index (χ4v) is 3.11. The van der Waals surface area contributed by atoms with Crippen molar-refractivity contribution >= 4 is 34.0 Å². The van der Waals surface area contributed by atoms with Gasteiger partial charge in [-0.05, 0) is 43.2 Å². The number of thiazole rings is 1. The summed E-state index contributed by atoms with van der Waals surface area (Å²) in [6.45, 7) is 4.15. The molecule has 0 aliphatic heterocycles. The molecular formula is C18H15ClN2OS. The number of amides is 1. The molecule has 0 aliphatic rings. The summed E-state index contributed by atoms with van der Waals surface area (Å²) in [6, 6.07) is 13.2. The molecule has 0 atom stereocenters. The number of aromatic nitrogens is 1. The van der Waals surface area contributed by atoms with E-state index in [0.717, 1.165) is 11.3 Å². The van der Waals surface area contributed by atoms with Gasteiger partial charge in [-0.2, -0.15) is 0 Å². The molecule has 0 saturated carbocycles. The maximum absolute atomic E-state index is 12.3. The van der Waals surface area contributed by atoms with Gasteiger partial charge >= 0.3 is 0 Å². The fraction of sp³-hybridized carbons (Fsp3) is 0.111. The van der Waals surface area contributed by atoms with Crippen molar-refractivity contribution < 1.29 is 4.79 Å². The highest BCUT2D eigenvalue weighted by molar-refractivity contribution is 7.14. The third kappa shape index (κ3) is 3.44. The number of hydrogen-bond donors (Lipinski definition) is 1. The molecule has 3 aromatic rings. The van der Waals surface area contributed by atoms with Crippen LogP contribution in [0.4, 0.5) is 5.13 Å². The normalized spacial score (nSPS) is 10.6. The third-order valence-electron chi connectivity index (χ3n) is 3.65. The van der Waals surface area contributed by atoms with Gasteiger partial charge in [0.05, 0.1) is 16.3 Å². The van der Waals surface area contributed by atoms with Crippen molar-refractivity contribution in [3.63, 3.8) is 0 Å². The molecule has 0 saturated heterocycles. The summed E-state index contributed by atoms with van der Waals surface area (Å²) in [4.78, 5) is 16.7. The van der Waals surface area contributed by atoms with Crippen LogP contribution >= 0.6 is 22.9 Å². The second-order valence-corrected chi connectivity index (χ2v) is 6.54. The Bertz CT molecular complexity index is 873. The summed E-state index contributed by atoms with van der Waals surface area (Å²) in [5, 5.41) is 5.72. The molecule has 0 bridgehead atoms. The molecule has 3 rings (SSSR count).